The van der Waals surface area contributed by atoms with Gasteiger partial charge < -0.3 is 14.7 Å². The first kappa shape index (κ1) is 20.3. The lowest BCUT2D eigenvalue weighted by Crippen LogP contribution is -2.53. The fourth-order valence-corrected chi connectivity index (χ4v) is 4.16. The number of carbonyl (C=O) groups is 2. The van der Waals surface area contributed by atoms with Crippen molar-refractivity contribution in [2.75, 3.05) is 44.2 Å². The zero-order chi connectivity index (χ0) is 20.9. The molecule has 1 aromatic heterocycles. The maximum absolute atomic E-state index is 13.4. The highest BCUT2D eigenvalue weighted by Crippen LogP contribution is 2.22. The van der Waals surface area contributed by atoms with Crippen LogP contribution in [0.1, 0.15) is 18.4 Å². The third-order valence-corrected chi connectivity index (χ3v) is 5.87. The first-order chi connectivity index (χ1) is 14.6. The number of halogens is 1. The molecule has 0 aliphatic carbocycles. The van der Waals surface area contributed by atoms with E-state index in [1.807, 2.05) is 11.0 Å². The van der Waals surface area contributed by atoms with Crippen LogP contribution in [-0.4, -0.2) is 70.9 Å². The zero-order valence-electron chi connectivity index (χ0n) is 16.9. The van der Waals surface area contributed by atoms with Crippen LogP contribution in [0.4, 0.5) is 10.2 Å². The van der Waals surface area contributed by atoms with Crippen molar-refractivity contribution < 1.29 is 14.0 Å². The first-order valence-corrected chi connectivity index (χ1v) is 10.4. The molecule has 0 saturated carbocycles. The molecule has 158 valence electrons. The lowest BCUT2D eigenvalue weighted by atomic mass is 9.95. The van der Waals surface area contributed by atoms with E-state index in [0.717, 1.165) is 24.5 Å². The molecule has 2 saturated heterocycles. The maximum atomic E-state index is 13.4. The molecule has 0 spiro atoms. The summed E-state index contributed by atoms with van der Waals surface area (Å²) in [5, 5.41) is 0. The second-order valence-corrected chi connectivity index (χ2v) is 7.83. The quantitative estimate of drug-likeness (QED) is 0.750. The average molecular weight is 411 g/mol. The molecule has 0 unspecified atom stereocenters. The Morgan fingerprint density at radius 1 is 1.17 bits per heavy atom. The lowest BCUT2D eigenvalue weighted by Gasteiger charge is -2.39. The largest absolute Gasteiger partial charge is 0.352 e. The van der Waals surface area contributed by atoms with Crippen LogP contribution in [0.25, 0.3) is 0 Å². The zero-order valence-corrected chi connectivity index (χ0v) is 16.9. The van der Waals surface area contributed by atoms with Gasteiger partial charge >= 0.3 is 0 Å². The highest BCUT2D eigenvalue weighted by molar-refractivity contribution is 5.84. The topological polar surface area (TPSA) is 69.6 Å². The minimum atomic E-state index is -0.272. The third-order valence-electron chi connectivity index (χ3n) is 5.87. The summed E-state index contributed by atoms with van der Waals surface area (Å²) in [4.78, 5) is 39.6. The molecule has 2 aliphatic rings. The molecule has 2 fully saturated rings. The summed E-state index contributed by atoms with van der Waals surface area (Å²) in [5.41, 5.74) is 0.858. The van der Waals surface area contributed by atoms with Crippen LogP contribution in [0, 0.1) is 11.7 Å². The number of hydrogen-bond donors (Lipinski definition) is 0. The fraction of sp³-hybridized carbons (Fsp3) is 0.455. The van der Waals surface area contributed by atoms with Crippen LogP contribution in [0.2, 0.25) is 0 Å². The van der Waals surface area contributed by atoms with Crippen LogP contribution >= 0.6 is 0 Å². The van der Waals surface area contributed by atoms with E-state index in [9.17, 15) is 14.0 Å². The molecular weight excluding hydrogens is 385 g/mol. The number of likely N-dealkylation sites (tertiary alicyclic amines) is 1. The van der Waals surface area contributed by atoms with E-state index in [2.05, 4.69) is 14.9 Å². The van der Waals surface area contributed by atoms with Gasteiger partial charge in [0.1, 0.15) is 11.6 Å². The number of aromatic nitrogens is 2. The molecule has 1 aromatic carbocycles. The molecule has 0 bridgehead atoms. The van der Waals surface area contributed by atoms with E-state index >= 15 is 0 Å². The number of hydrogen-bond acceptors (Lipinski definition) is 5. The normalized spacial score (nSPS) is 19.8. The third kappa shape index (κ3) is 4.75. The molecule has 0 radical (unpaired) electrons. The molecule has 7 nitrogen and oxygen atoms in total. The summed E-state index contributed by atoms with van der Waals surface area (Å²) in [6.07, 6.45) is 6.62. The maximum Gasteiger partial charge on any atom is 0.227 e. The lowest BCUT2D eigenvalue weighted by molar-refractivity contribution is -0.143. The van der Waals surface area contributed by atoms with Crippen molar-refractivity contribution in [3.63, 3.8) is 0 Å². The number of rotatable bonds is 5. The van der Waals surface area contributed by atoms with Gasteiger partial charge in [0.05, 0.1) is 12.1 Å². The van der Waals surface area contributed by atoms with Crippen molar-refractivity contribution >= 4 is 17.6 Å². The smallest absolute Gasteiger partial charge is 0.227 e. The molecular formula is C22H26FN5O2. The number of anilines is 1. The number of piperazine rings is 1. The number of amides is 2. The van der Waals surface area contributed by atoms with E-state index < -0.39 is 0 Å². The van der Waals surface area contributed by atoms with E-state index in [4.69, 9.17) is 0 Å². The molecule has 30 heavy (non-hydrogen) atoms. The van der Waals surface area contributed by atoms with Crippen LogP contribution in [0.15, 0.2) is 42.9 Å². The average Bonchev–Trinajstić information content (AvgIpc) is 2.79. The molecule has 1 atom stereocenters. The second kappa shape index (κ2) is 9.19. The summed E-state index contributed by atoms with van der Waals surface area (Å²) in [5.74, 6) is 0.584. The van der Waals surface area contributed by atoms with Crippen molar-refractivity contribution in [2.45, 2.75) is 19.3 Å². The summed E-state index contributed by atoms with van der Waals surface area (Å²) >= 11 is 0. The Morgan fingerprint density at radius 2 is 2.00 bits per heavy atom. The van der Waals surface area contributed by atoms with Gasteiger partial charge in [0, 0.05) is 58.1 Å². The summed E-state index contributed by atoms with van der Waals surface area (Å²) in [7, 11) is 0. The van der Waals surface area contributed by atoms with E-state index in [0.29, 0.717) is 45.4 Å². The standard InChI is InChI=1S/C22H26FN5O2/c23-19-3-1-2-17(14-19)6-9-28-16-18(4-5-21(28)29)22(30)27-12-10-26(11-13-27)20-15-24-7-8-25-20/h1-3,7-8,14-15,18H,4-6,9-13,16H2/t18-/m0/s1. The number of benzene rings is 1. The molecule has 8 heteroatoms. The van der Waals surface area contributed by atoms with Gasteiger partial charge in [-0.25, -0.2) is 9.37 Å². The van der Waals surface area contributed by atoms with Gasteiger partial charge in [-0.3, -0.25) is 14.6 Å². The van der Waals surface area contributed by atoms with E-state index in [1.165, 1.54) is 12.1 Å². The number of piperidine rings is 1. The van der Waals surface area contributed by atoms with Gasteiger partial charge in [-0.15, -0.1) is 0 Å². The first-order valence-electron chi connectivity index (χ1n) is 10.4. The van der Waals surface area contributed by atoms with Crippen LogP contribution in [-0.2, 0) is 16.0 Å². The molecule has 2 amide bonds. The summed E-state index contributed by atoms with van der Waals surface area (Å²) in [6, 6.07) is 6.44. The summed E-state index contributed by atoms with van der Waals surface area (Å²) < 4.78 is 13.4. The monoisotopic (exact) mass is 411 g/mol. The van der Waals surface area contributed by atoms with Crippen LogP contribution in [0.5, 0.6) is 0 Å². The number of carbonyl (C=O) groups excluding carboxylic acids is 2. The minimum Gasteiger partial charge on any atom is -0.352 e. The van der Waals surface area contributed by atoms with Crippen molar-refractivity contribution in [1.82, 2.24) is 19.8 Å². The van der Waals surface area contributed by atoms with Gasteiger partial charge in [-0.05, 0) is 30.5 Å². The Bertz CT molecular complexity index is 886. The number of nitrogens with zero attached hydrogens (tertiary/aromatic N) is 5. The predicted molar refractivity (Wildman–Crippen MR) is 110 cm³/mol. The minimum absolute atomic E-state index is 0.0722. The highest BCUT2D eigenvalue weighted by Gasteiger charge is 2.33. The van der Waals surface area contributed by atoms with Crippen molar-refractivity contribution in [3.8, 4) is 0 Å². The Balaban J connectivity index is 1.30. The molecule has 2 aromatic rings. The van der Waals surface area contributed by atoms with Crippen LogP contribution in [0.3, 0.4) is 0 Å². The second-order valence-electron chi connectivity index (χ2n) is 7.83. The van der Waals surface area contributed by atoms with Crippen molar-refractivity contribution in [3.05, 3.63) is 54.2 Å². The highest BCUT2D eigenvalue weighted by atomic mass is 19.1. The molecule has 0 N–H and O–H groups in total. The summed E-state index contributed by atoms with van der Waals surface area (Å²) in [6.45, 7) is 3.68. The Kier molecular flexibility index (Phi) is 6.21. The molecule has 2 aliphatic heterocycles. The van der Waals surface area contributed by atoms with E-state index in [1.54, 1.807) is 29.6 Å². The Morgan fingerprint density at radius 3 is 2.73 bits per heavy atom. The van der Waals surface area contributed by atoms with Gasteiger partial charge in [-0.2, -0.15) is 0 Å². The van der Waals surface area contributed by atoms with Gasteiger partial charge in [0.15, 0.2) is 0 Å². The van der Waals surface area contributed by atoms with Gasteiger partial charge in [0.2, 0.25) is 11.8 Å². The van der Waals surface area contributed by atoms with Gasteiger partial charge in [0.25, 0.3) is 0 Å². The fourth-order valence-electron chi connectivity index (χ4n) is 4.16. The Hall–Kier alpha value is -3.03. The van der Waals surface area contributed by atoms with Crippen molar-refractivity contribution in [1.29, 1.82) is 0 Å². The predicted octanol–water partition coefficient (Wildman–Crippen LogP) is 1.75. The molecule has 3 heterocycles. The SMILES string of the molecule is O=C1CC[C@H](C(=O)N2CCN(c3cnccn3)CC2)CN1CCc1cccc(F)c1. The van der Waals surface area contributed by atoms with Crippen molar-refractivity contribution in [2.24, 2.45) is 5.92 Å². The van der Waals surface area contributed by atoms with Crippen LogP contribution < -0.4 is 4.90 Å². The Labute approximate surface area is 175 Å². The van der Waals surface area contributed by atoms with E-state index in [-0.39, 0.29) is 23.5 Å². The molecule has 4 rings (SSSR count). The van der Waals surface area contributed by atoms with Gasteiger partial charge in [-0.1, -0.05) is 12.1 Å².